The Labute approximate surface area is 120 Å². The monoisotopic (exact) mass is 276 g/mol. The minimum atomic E-state index is 0.758. The number of hydrogen-bond acceptors (Lipinski definition) is 3. The van der Waals surface area contributed by atoms with Gasteiger partial charge in [-0.1, -0.05) is 12.8 Å². The highest BCUT2D eigenvalue weighted by Crippen LogP contribution is 2.34. The van der Waals surface area contributed by atoms with E-state index in [2.05, 4.69) is 21.7 Å². The third kappa shape index (κ3) is 2.48. The molecule has 3 heterocycles. The topological polar surface area (TPSA) is 15.3 Å². The van der Waals surface area contributed by atoms with E-state index < -0.39 is 0 Å². The molecule has 1 aromatic rings. The quantitative estimate of drug-likeness (QED) is 0.893. The van der Waals surface area contributed by atoms with E-state index in [0.717, 1.165) is 18.0 Å². The van der Waals surface area contributed by atoms with Gasteiger partial charge < -0.3 is 5.32 Å². The number of nitrogens with one attached hydrogen (secondary N) is 1. The van der Waals surface area contributed by atoms with Gasteiger partial charge in [-0.2, -0.15) is 0 Å². The zero-order valence-corrected chi connectivity index (χ0v) is 12.4. The zero-order chi connectivity index (χ0) is 12.7. The Balaban J connectivity index is 1.36. The average Bonchev–Trinajstić information content (AvgIpc) is 3.03. The van der Waals surface area contributed by atoms with Gasteiger partial charge in [-0.3, -0.25) is 4.90 Å². The van der Waals surface area contributed by atoms with Gasteiger partial charge >= 0.3 is 0 Å². The molecule has 1 aromatic heterocycles. The Bertz CT molecular complexity index is 428. The van der Waals surface area contributed by atoms with E-state index in [1.54, 1.807) is 10.4 Å². The maximum atomic E-state index is 3.92. The van der Waals surface area contributed by atoms with Gasteiger partial charge in [0.15, 0.2) is 0 Å². The van der Waals surface area contributed by atoms with Gasteiger partial charge in [-0.05, 0) is 48.6 Å². The van der Waals surface area contributed by atoms with Gasteiger partial charge in [0.1, 0.15) is 0 Å². The predicted octanol–water partition coefficient (Wildman–Crippen LogP) is 3.03. The molecular formula is C16H24N2S. The number of nitrogens with zero attached hydrogens (tertiary/aromatic N) is 1. The average molecular weight is 276 g/mol. The fourth-order valence-electron chi connectivity index (χ4n) is 4.35. The van der Waals surface area contributed by atoms with Crippen LogP contribution in [-0.4, -0.2) is 30.1 Å². The summed E-state index contributed by atoms with van der Waals surface area (Å²) in [6, 6.07) is 3.93. The fourth-order valence-corrected chi connectivity index (χ4v) is 5.24. The normalized spacial score (nSPS) is 35.1. The van der Waals surface area contributed by atoms with Crippen LogP contribution in [-0.2, 0) is 13.0 Å². The van der Waals surface area contributed by atoms with E-state index in [-0.39, 0.29) is 0 Å². The zero-order valence-electron chi connectivity index (χ0n) is 11.6. The van der Waals surface area contributed by atoms with Crippen molar-refractivity contribution in [2.45, 2.75) is 57.2 Å². The van der Waals surface area contributed by atoms with Crippen LogP contribution in [0, 0.1) is 5.92 Å². The number of hydrogen-bond donors (Lipinski definition) is 1. The first-order chi connectivity index (χ1) is 9.38. The molecule has 104 valence electrons. The van der Waals surface area contributed by atoms with Gasteiger partial charge in [0.25, 0.3) is 0 Å². The molecule has 3 heteroatoms. The summed E-state index contributed by atoms with van der Waals surface area (Å²) in [7, 11) is 0. The molecule has 4 rings (SSSR count). The molecule has 0 radical (unpaired) electrons. The van der Waals surface area contributed by atoms with Crippen LogP contribution in [0.5, 0.6) is 0 Å². The molecule has 19 heavy (non-hydrogen) atoms. The highest BCUT2D eigenvalue weighted by atomic mass is 32.1. The van der Waals surface area contributed by atoms with E-state index >= 15 is 0 Å². The molecule has 3 atom stereocenters. The third-order valence-corrected chi connectivity index (χ3v) is 6.33. The number of rotatable bonds is 2. The van der Waals surface area contributed by atoms with Crippen LogP contribution in [0.2, 0.25) is 0 Å². The van der Waals surface area contributed by atoms with E-state index in [1.165, 1.54) is 58.2 Å². The molecule has 1 saturated carbocycles. The summed E-state index contributed by atoms with van der Waals surface area (Å²) in [5.74, 6) is 0.986. The van der Waals surface area contributed by atoms with E-state index in [0.29, 0.717) is 0 Å². The summed E-state index contributed by atoms with van der Waals surface area (Å²) in [5, 5.41) is 6.18. The highest BCUT2D eigenvalue weighted by Gasteiger charge is 2.35. The van der Waals surface area contributed by atoms with Gasteiger partial charge in [-0.25, -0.2) is 0 Å². The van der Waals surface area contributed by atoms with Crippen LogP contribution >= 0.6 is 11.3 Å². The maximum Gasteiger partial charge on any atom is 0.0245 e. The Hall–Kier alpha value is -0.380. The molecule has 1 N–H and O–H groups in total. The van der Waals surface area contributed by atoms with Gasteiger partial charge in [0, 0.05) is 36.6 Å². The van der Waals surface area contributed by atoms with Crippen molar-refractivity contribution in [1.29, 1.82) is 0 Å². The summed E-state index contributed by atoms with van der Waals surface area (Å²) < 4.78 is 0. The van der Waals surface area contributed by atoms with Crippen molar-refractivity contribution in [3.05, 3.63) is 21.9 Å². The van der Waals surface area contributed by atoms with Crippen LogP contribution < -0.4 is 5.32 Å². The van der Waals surface area contributed by atoms with Crippen LogP contribution in [0.15, 0.2) is 11.4 Å². The lowest BCUT2D eigenvalue weighted by molar-refractivity contribution is 0.230. The van der Waals surface area contributed by atoms with Crippen LogP contribution in [0.3, 0.4) is 0 Å². The van der Waals surface area contributed by atoms with E-state index in [4.69, 9.17) is 0 Å². The largest absolute Gasteiger partial charge is 0.310 e. The van der Waals surface area contributed by atoms with Crippen LogP contribution in [0.4, 0.5) is 0 Å². The smallest absolute Gasteiger partial charge is 0.0245 e. The van der Waals surface area contributed by atoms with Gasteiger partial charge in [-0.15, -0.1) is 11.3 Å². The van der Waals surface area contributed by atoms with Gasteiger partial charge in [0.05, 0.1) is 0 Å². The standard InChI is InChI=1S/C16H24N2S/c1-2-4-15-12(3-1)9-14(17-15)11-18-7-5-16-13(10-18)6-8-19-16/h6,8,12,14-15,17H,1-5,7,9-11H2. The molecule has 0 aromatic carbocycles. The van der Waals surface area contributed by atoms with Crippen molar-refractivity contribution in [3.63, 3.8) is 0 Å². The van der Waals surface area contributed by atoms with Crippen LogP contribution in [0.25, 0.3) is 0 Å². The number of thiophene rings is 1. The maximum absolute atomic E-state index is 3.92. The minimum Gasteiger partial charge on any atom is -0.310 e. The fraction of sp³-hybridized carbons (Fsp3) is 0.750. The SMILES string of the molecule is c1cc2c(s1)CCN(CC1CC3CCCCC3N1)C2. The lowest BCUT2D eigenvalue weighted by Crippen LogP contribution is -2.42. The molecule has 0 spiro atoms. The number of fused-ring (bicyclic) bond motifs is 2. The van der Waals surface area contributed by atoms with E-state index in [1.807, 2.05) is 11.3 Å². The highest BCUT2D eigenvalue weighted by molar-refractivity contribution is 7.10. The molecule has 3 unspecified atom stereocenters. The molecule has 0 amide bonds. The van der Waals surface area contributed by atoms with Crippen molar-refractivity contribution < 1.29 is 0 Å². The summed E-state index contributed by atoms with van der Waals surface area (Å²) in [4.78, 5) is 4.30. The Morgan fingerprint density at radius 3 is 3.21 bits per heavy atom. The second kappa shape index (κ2) is 5.19. The van der Waals surface area contributed by atoms with Crippen LogP contribution in [0.1, 0.15) is 42.5 Å². The molecule has 2 nitrogen and oxygen atoms in total. The molecule has 2 fully saturated rings. The van der Waals surface area contributed by atoms with Crippen molar-refractivity contribution in [1.82, 2.24) is 10.2 Å². The second-order valence-corrected chi connectivity index (χ2v) is 7.61. The molecule has 2 aliphatic heterocycles. The Kier molecular flexibility index (Phi) is 3.38. The van der Waals surface area contributed by atoms with E-state index in [9.17, 15) is 0 Å². The van der Waals surface area contributed by atoms with Crippen molar-refractivity contribution in [3.8, 4) is 0 Å². The molecule has 1 saturated heterocycles. The first-order valence-electron chi connectivity index (χ1n) is 7.92. The van der Waals surface area contributed by atoms with Crippen molar-refractivity contribution in [2.24, 2.45) is 5.92 Å². The van der Waals surface area contributed by atoms with Crippen molar-refractivity contribution in [2.75, 3.05) is 13.1 Å². The summed E-state index contributed by atoms with van der Waals surface area (Å²) in [5.41, 5.74) is 1.59. The van der Waals surface area contributed by atoms with Crippen molar-refractivity contribution >= 4 is 11.3 Å². The Morgan fingerprint density at radius 1 is 1.32 bits per heavy atom. The minimum absolute atomic E-state index is 0.758. The lowest BCUT2D eigenvalue weighted by Gasteiger charge is -2.29. The molecule has 0 bridgehead atoms. The third-order valence-electron chi connectivity index (χ3n) is 5.31. The summed E-state index contributed by atoms with van der Waals surface area (Å²) >= 11 is 1.94. The summed E-state index contributed by atoms with van der Waals surface area (Å²) in [6.07, 6.45) is 8.52. The lowest BCUT2D eigenvalue weighted by atomic mass is 9.85. The first-order valence-corrected chi connectivity index (χ1v) is 8.80. The molecular weight excluding hydrogens is 252 g/mol. The van der Waals surface area contributed by atoms with Gasteiger partial charge in [0.2, 0.25) is 0 Å². The predicted molar refractivity (Wildman–Crippen MR) is 80.6 cm³/mol. The second-order valence-electron chi connectivity index (χ2n) is 6.60. The molecule has 3 aliphatic rings. The molecule has 1 aliphatic carbocycles. The Morgan fingerprint density at radius 2 is 2.26 bits per heavy atom. The first kappa shape index (κ1) is 12.4. The summed E-state index contributed by atoms with van der Waals surface area (Å²) in [6.45, 7) is 3.72.